The minimum atomic E-state index is -3.88. The van der Waals surface area contributed by atoms with Crippen LogP contribution in [-0.2, 0) is 19.4 Å². The van der Waals surface area contributed by atoms with E-state index in [4.69, 9.17) is 49.0 Å². The largest absolute Gasteiger partial charge is 0.493 e. The van der Waals surface area contributed by atoms with E-state index in [9.17, 15) is 13.2 Å². The summed E-state index contributed by atoms with van der Waals surface area (Å²) in [6, 6.07) is 8.67. The summed E-state index contributed by atoms with van der Waals surface area (Å²) in [7, 11) is -3.88. The average molecular weight is 524 g/mol. The van der Waals surface area contributed by atoms with Crippen molar-refractivity contribution in [2.24, 2.45) is 5.92 Å². The van der Waals surface area contributed by atoms with Gasteiger partial charge in [-0.3, -0.25) is 4.79 Å². The molecule has 32 heavy (non-hydrogen) atoms. The van der Waals surface area contributed by atoms with E-state index in [2.05, 4.69) is 13.8 Å². The number of sulfone groups is 1. The first-order valence-corrected chi connectivity index (χ1v) is 12.7. The highest BCUT2D eigenvalue weighted by Crippen LogP contribution is 2.37. The third-order valence-corrected chi connectivity index (χ3v) is 7.22. The Morgan fingerprint density at radius 2 is 1.59 bits per heavy atom. The number of benzene rings is 2. The van der Waals surface area contributed by atoms with E-state index < -0.39 is 21.9 Å². The molecule has 0 radical (unpaired) electrons. The van der Waals surface area contributed by atoms with Crippen LogP contribution in [0.3, 0.4) is 0 Å². The summed E-state index contributed by atoms with van der Waals surface area (Å²) in [6.45, 7) is 5.87. The molecular formula is C22H25Cl3O6S. The molecule has 0 heterocycles. The third-order valence-electron chi connectivity index (χ3n) is 4.57. The average Bonchev–Trinajstić information content (AvgIpc) is 2.75. The van der Waals surface area contributed by atoms with E-state index >= 15 is 0 Å². The number of hydrogen-bond acceptors (Lipinski definition) is 6. The minimum Gasteiger partial charge on any atom is -0.493 e. The molecule has 0 N–H and O–H groups in total. The molecule has 0 aliphatic heterocycles. The Kier molecular flexibility index (Phi) is 9.95. The van der Waals surface area contributed by atoms with Gasteiger partial charge in [0.25, 0.3) is 0 Å². The molecule has 0 amide bonds. The van der Waals surface area contributed by atoms with Crippen molar-refractivity contribution in [3.8, 4) is 11.5 Å². The van der Waals surface area contributed by atoms with Crippen molar-refractivity contribution in [1.82, 2.24) is 0 Å². The fourth-order valence-corrected chi connectivity index (χ4v) is 4.75. The molecule has 0 saturated carbocycles. The van der Waals surface area contributed by atoms with Crippen LogP contribution in [0, 0.1) is 5.92 Å². The highest BCUT2D eigenvalue weighted by molar-refractivity contribution is 7.91. The van der Waals surface area contributed by atoms with Gasteiger partial charge < -0.3 is 14.2 Å². The maximum Gasteiger partial charge on any atom is 0.303 e. The predicted molar refractivity (Wildman–Crippen MR) is 125 cm³/mol. The number of halogens is 3. The van der Waals surface area contributed by atoms with Crippen molar-refractivity contribution >= 4 is 50.6 Å². The molecule has 2 aromatic rings. The molecule has 0 spiro atoms. The van der Waals surface area contributed by atoms with Gasteiger partial charge in [-0.25, -0.2) is 8.42 Å². The molecule has 2 atom stereocenters. The van der Waals surface area contributed by atoms with Crippen LogP contribution in [0.2, 0.25) is 10.0 Å². The van der Waals surface area contributed by atoms with Crippen LogP contribution >= 0.6 is 34.8 Å². The Bertz CT molecular complexity index is 1000. The molecule has 0 aliphatic carbocycles. The number of carbonyl (C=O) groups is 1. The van der Waals surface area contributed by atoms with Gasteiger partial charge in [-0.15, -0.1) is 11.6 Å². The van der Waals surface area contributed by atoms with Crippen molar-refractivity contribution in [1.29, 1.82) is 0 Å². The number of ether oxygens (including phenoxy) is 3. The second kappa shape index (κ2) is 12.0. The number of esters is 1. The van der Waals surface area contributed by atoms with E-state index in [1.807, 2.05) is 0 Å². The van der Waals surface area contributed by atoms with Gasteiger partial charge in [-0.1, -0.05) is 43.5 Å². The SMILES string of the molecule is CC[C@H](C)COc1ccc(S(=O)(=O)c2cc(Cl)c(OC[C@H](CCl)OC(C)=O)c(Cl)c2)cc1. The second-order valence-corrected chi connectivity index (χ2v) is 10.3. The Hall–Kier alpha value is -1.67. The third kappa shape index (κ3) is 7.17. The van der Waals surface area contributed by atoms with Crippen molar-refractivity contribution < 1.29 is 27.4 Å². The van der Waals surface area contributed by atoms with E-state index in [1.54, 1.807) is 12.1 Å². The molecule has 0 bridgehead atoms. The van der Waals surface area contributed by atoms with Gasteiger partial charge in [0.05, 0.1) is 32.3 Å². The summed E-state index contributed by atoms with van der Waals surface area (Å²) < 4.78 is 42.3. The summed E-state index contributed by atoms with van der Waals surface area (Å²) in [4.78, 5) is 11.1. The number of rotatable bonds is 11. The lowest BCUT2D eigenvalue weighted by Crippen LogP contribution is -2.25. The lowest BCUT2D eigenvalue weighted by atomic mass is 10.1. The van der Waals surface area contributed by atoms with Gasteiger partial charge in [-0.05, 0) is 42.3 Å². The quantitative estimate of drug-likeness (QED) is 0.273. The van der Waals surface area contributed by atoms with Crippen LogP contribution < -0.4 is 9.47 Å². The fraction of sp³-hybridized carbons (Fsp3) is 0.409. The number of carbonyl (C=O) groups excluding carboxylic acids is 1. The Balaban J connectivity index is 2.19. The van der Waals surface area contributed by atoms with Gasteiger partial charge in [0.15, 0.2) is 5.75 Å². The van der Waals surface area contributed by atoms with Gasteiger partial charge in [0, 0.05) is 6.92 Å². The molecule has 10 heteroatoms. The fourth-order valence-electron chi connectivity index (χ4n) is 2.56. The van der Waals surface area contributed by atoms with Gasteiger partial charge in [0.2, 0.25) is 9.84 Å². The van der Waals surface area contributed by atoms with Crippen LogP contribution in [0.15, 0.2) is 46.2 Å². The molecule has 0 aromatic heterocycles. The van der Waals surface area contributed by atoms with Crippen LogP contribution in [-0.4, -0.2) is 39.6 Å². The zero-order valence-electron chi connectivity index (χ0n) is 17.9. The predicted octanol–water partition coefficient (Wildman–Crippen LogP) is 5.80. The van der Waals surface area contributed by atoms with Crippen molar-refractivity contribution in [2.75, 3.05) is 19.1 Å². The van der Waals surface area contributed by atoms with Crippen molar-refractivity contribution in [3.05, 3.63) is 46.4 Å². The molecule has 2 aromatic carbocycles. The normalized spacial score (nSPS) is 13.3. The first kappa shape index (κ1) is 26.6. The Labute approximate surface area is 203 Å². The summed E-state index contributed by atoms with van der Waals surface area (Å²) in [5.74, 6) is 0.568. The second-order valence-electron chi connectivity index (χ2n) is 7.21. The summed E-state index contributed by atoms with van der Waals surface area (Å²) in [6.07, 6.45) is 0.287. The highest BCUT2D eigenvalue weighted by atomic mass is 35.5. The van der Waals surface area contributed by atoms with Crippen LogP contribution in [0.25, 0.3) is 0 Å². The van der Waals surface area contributed by atoms with E-state index in [0.29, 0.717) is 18.3 Å². The number of alkyl halides is 1. The molecule has 0 fully saturated rings. The van der Waals surface area contributed by atoms with Gasteiger partial charge >= 0.3 is 5.97 Å². The topological polar surface area (TPSA) is 78.9 Å². The smallest absolute Gasteiger partial charge is 0.303 e. The zero-order chi connectivity index (χ0) is 23.9. The first-order valence-electron chi connectivity index (χ1n) is 9.91. The summed E-state index contributed by atoms with van der Waals surface area (Å²) in [5, 5.41) is 0.00135. The standard InChI is InChI=1S/C22H25Cl3O6S/c1-4-14(2)12-29-16-5-7-18(8-6-16)32(27,28)19-9-20(24)22(21(25)10-19)30-13-17(11-23)31-15(3)26/h5-10,14,17H,4,11-13H2,1-3H3/t14-,17-/m0/s1. The lowest BCUT2D eigenvalue weighted by molar-refractivity contribution is -0.146. The molecule has 0 aliphatic rings. The molecule has 0 unspecified atom stereocenters. The monoisotopic (exact) mass is 522 g/mol. The Morgan fingerprint density at radius 3 is 2.09 bits per heavy atom. The molecular weight excluding hydrogens is 499 g/mol. The van der Waals surface area contributed by atoms with Gasteiger partial charge in [-0.2, -0.15) is 0 Å². The maximum atomic E-state index is 13.0. The van der Waals surface area contributed by atoms with Crippen molar-refractivity contribution in [2.45, 2.75) is 43.1 Å². The maximum absolute atomic E-state index is 13.0. The molecule has 176 valence electrons. The van der Waals surface area contributed by atoms with Crippen molar-refractivity contribution in [3.63, 3.8) is 0 Å². The van der Waals surface area contributed by atoms with Crippen LogP contribution in [0.5, 0.6) is 11.5 Å². The molecule has 0 saturated heterocycles. The summed E-state index contributed by atoms with van der Waals surface area (Å²) >= 11 is 18.2. The number of hydrogen-bond donors (Lipinski definition) is 0. The molecule has 6 nitrogen and oxygen atoms in total. The minimum absolute atomic E-state index is 0.000675. The highest BCUT2D eigenvalue weighted by Gasteiger charge is 2.22. The zero-order valence-corrected chi connectivity index (χ0v) is 21.0. The van der Waals surface area contributed by atoms with Crippen LogP contribution in [0.4, 0.5) is 0 Å². The van der Waals surface area contributed by atoms with Gasteiger partial charge in [0.1, 0.15) is 18.5 Å². The van der Waals surface area contributed by atoms with E-state index in [1.165, 1.54) is 31.2 Å². The summed E-state index contributed by atoms with van der Waals surface area (Å²) in [5.41, 5.74) is 0. The molecule has 2 rings (SSSR count). The van der Waals surface area contributed by atoms with E-state index in [0.717, 1.165) is 6.42 Å². The first-order chi connectivity index (χ1) is 15.1. The van der Waals surface area contributed by atoms with E-state index in [-0.39, 0.29) is 38.1 Å². The Morgan fingerprint density at radius 1 is 1.00 bits per heavy atom. The lowest BCUT2D eigenvalue weighted by Gasteiger charge is -2.17. The van der Waals surface area contributed by atoms with Crippen LogP contribution in [0.1, 0.15) is 27.2 Å².